The molecule has 0 saturated heterocycles. The van der Waals surface area contributed by atoms with E-state index in [-0.39, 0.29) is 5.69 Å². The molecule has 0 aliphatic carbocycles. The minimum absolute atomic E-state index is 0.216. The minimum atomic E-state index is 0.216. The van der Waals surface area contributed by atoms with Crippen LogP contribution in [0.15, 0.2) is 89.5 Å². The van der Waals surface area contributed by atoms with Gasteiger partial charge in [-0.3, -0.25) is 0 Å². The van der Waals surface area contributed by atoms with Crippen LogP contribution in [0, 0.1) is 11.3 Å². The molecule has 0 fully saturated rings. The van der Waals surface area contributed by atoms with Gasteiger partial charge in [-0.15, -0.1) is 10.4 Å². The number of nitriles is 1. The Kier molecular flexibility index (Phi) is 6.01. The molecule has 0 unspecified atom stereocenters. The van der Waals surface area contributed by atoms with Crippen LogP contribution in [0.4, 0.5) is 0 Å². The Labute approximate surface area is 128 Å². The van der Waals surface area contributed by atoms with Gasteiger partial charge in [0, 0.05) is 5.39 Å². The Morgan fingerprint density at radius 1 is 0.773 bits per heavy atom. The lowest BCUT2D eigenvalue weighted by Gasteiger charge is -1.89. The van der Waals surface area contributed by atoms with E-state index in [2.05, 4.69) is 10.4 Å². The third-order valence-electron chi connectivity index (χ3n) is 2.66. The van der Waals surface area contributed by atoms with E-state index in [4.69, 9.17) is 9.78 Å². The zero-order valence-electron chi connectivity index (χ0n) is 11.9. The van der Waals surface area contributed by atoms with Crippen molar-refractivity contribution in [1.82, 2.24) is 10.4 Å². The first-order chi connectivity index (χ1) is 10.9. The van der Waals surface area contributed by atoms with Crippen LogP contribution in [0.5, 0.6) is 0 Å². The molecule has 0 atom stereocenters. The molecule has 4 heteroatoms. The van der Waals surface area contributed by atoms with E-state index in [1.165, 1.54) is 0 Å². The van der Waals surface area contributed by atoms with Crippen molar-refractivity contribution in [1.29, 1.82) is 5.26 Å². The average Bonchev–Trinajstić information content (AvgIpc) is 2.55. The lowest BCUT2D eigenvalue weighted by Crippen LogP contribution is -1.79. The van der Waals surface area contributed by atoms with Crippen LogP contribution in [0.1, 0.15) is 5.69 Å². The zero-order chi connectivity index (χ0) is 15.5. The highest BCUT2D eigenvalue weighted by Gasteiger charge is 1.87. The molecule has 0 aliphatic heterocycles. The lowest BCUT2D eigenvalue weighted by molar-refractivity contribution is 0.402. The maximum absolute atomic E-state index is 8.99. The fourth-order valence-corrected chi connectivity index (χ4v) is 1.62. The number of benzene rings is 1. The molecule has 1 aromatic heterocycles. The molecule has 2 aromatic rings. The van der Waals surface area contributed by atoms with Crippen LogP contribution in [0.25, 0.3) is 11.0 Å². The highest BCUT2D eigenvalue weighted by Crippen LogP contribution is 2.07. The van der Waals surface area contributed by atoms with E-state index >= 15 is 0 Å². The maximum Gasteiger partial charge on any atom is 0.164 e. The number of para-hydroxylation sites is 1. The molecule has 0 saturated carbocycles. The molecule has 22 heavy (non-hydrogen) atoms. The molecule has 0 bridgehead atoms. The van der Waals surface area contributed by atoms with Crippen molar-refractivity contribution >= 4 is 11.0 Å². The number of nitrogens with zero attached hydrogens (tertiary/aromatic N) is 2. The quantitative estimate of drug-likeness (QED) is 0.781. The summed E-state index contributed by atoms with van der Waals surface area (Å²) in [5.41, 5.74) is 0.841. The Morgan fingerprint density at radius 2 is 1.32 bits per heavy atom. The second-order valence-corrected chi connectivity index (χ2v) is 4.21. The largest absolute Gasteiger partial charge is 0.365 e. The summed E-state index contributed by atoms with van der Waals surface area (Å²) >= 11 is 0. The van der Waals surface area contributed by atoms with Crippen molar-refractivity contribution in [3.63, 3.8) is 0 Å². The predicted molar refractivity (Wildman–Crippen MR) is 86.0 cm³/mol. The number of nitrogens with one attached hydrogen (secondary N) is 1. The third-order valence-corrected chi connectivity index (χ3v) is 2.66. The van der Waals surface area contributed by atoms with Gasteiger partial charge in [0.25, 0.3) is 0 Å². The van der Waals surface area contributed by atoms with Gasteiger partial charge in [0.1, 0.15) is 6.07 Å². The third kappa shape index (κ3) is 4.99. The van der Waals surface area contributed by atoms with Crippen molar-refractivity contribution in [2.45, 2.75) is 0 Å². The second kappa shape index (κ2) is 8.77. The molecular formula is C18H15N3O. The van der Waals surface area contributed by atoms with Gasteiger partial charge in [-0.1, -0.05) is 72.8 Å². The summed E-state index contributed by atoms with van der Waals surface area (Å²) in [5.74, 6) is 0. The highest BCUT2D eigenvalue weighted by atomic mass is 16.5. The van der Waals surface area contributed by atoms with E-state index in [1.807, 2.05) is 78.9 Å². The molecule has 0 radical (unpaired) electrons. The molecule has 1 N–H and O–H groups in total. The first-order valence-electron chi connectivity index (χ1n) is 6.73. The molecule has 108 valence electrons. The Bertz CT molecular complexity index is 826. The first-order valence-corrected chi connectivity index (χ1v) is 6.73. The molecule has 0 aliphatic rings. The summed E-state index contributed by atoms with van der Waals surface area (Å²) in [6, 6.07) is 28.1. The molecule has 4 nitrogen and oxygen atoms in total. The molecule has 2 rings (SSSR count). The van der Waals surface area contributed by atoms with E-state index < -0.39 is 0 Å². The summed E-state index contributed by atoms with van der Waals surface area (Å²) in [6.07, 6.45) is 0. The fourth-order valence-electron chi connectivity index (χ4n) is 1.62. The Morgan fingerprint density at radius 3 is 2.00 bits per heavy atom. The number of hydrogen-bond acceptors (Lipinski definition) is 3. The fraction of sp³-hybridized carbons (Fsp3) is 0. The molecule has 0 spiro atoms. The highest BCUT2D eigenvalue weighted by molar-refractivity contribution is 5.75. The van der Waals surface area contributed by atoms with Crippen LogP contribution in [0.2, 0.25) is 0 Å². The normalized spacial score (nSPS) is 8.86. The standard InChI is InChI=1S/C18H15N3O/c19-15-17-13-8-6-4-2-1-3-5-7-11-16-12-9-10-14-18(16)22-21-20-17/h1-14,21H. The number of aromatic amines is 1. The van der Waals surface area contributed by atoms with Gasteiger partial charge in [0.2, 0.25) is 0 Å². The van der Waals surface area contributed by atoms with Crippen LogP contribution in [-0.4, -0.2) is 10.4 Å². The summed E-state index contributed by atoms with van der Waals surface area (Å²) in [6.45, 7) is 0. The Balaban J connectivity index is 2.67. The number of hydrogen-bond donors (Lipinski definition) is 1. The van der Waals surface area contributed by atoms with Crippen molar-refractivity contribution in [3.05, 3.63) is 90.6 Å². The van der Waals surface area contributed by atoms with Gasteiger partial charge in [0.15, 0.2) is 11.3 Å². The smallest absolute Gasteiger partial charge is 0.164 e. The number of rotatable bonds is 0. The lowest BCUT2D eigenvalue weighted by atomic mass is 10.2. The van der Waals surface area contributed by atoms with Crippen LogP contribution >= 0.6 is 0 Å². The van der Waals surface area contributed by atoms with Gasteiger partial charge >= 0.3 is 0 Å². The van der Waals surface area contributed by atoms with Gasteiger partial charge in [-0.05, 0) is 12.1 Å². The van der Waals surface area contributed by atoms with Gasteiger partial charge in [-0.25, -0.2) is 0 Å². The molecule has 1 heterocycles. The number of aromatic nitrogens is 2. The summed E-state index contributed by atoms with van der Waals surface area (Å²) < 4.78 is 5.39. The topological polar surface area (TPSA) is 65.6 Å². The first kappa shape index (κ1) is 15.1. The van der Waals surface area contributed by atoms with Gasteiger partial charge in [0.05, 0.1) is 0 Å². The summed E-state index contributed by atoms with van der Waals surface area (Å²) in [7, 11) is 0. The Hall–Kier alpha value is -3.32. The van der Waals surface area contributed by atoms with Crippen LogP contribution < -0.4 is 0 Å². The average molecular weight is 289 g/mol. The van der Waals surface area contributed by atoms with E-state index in [9.17, 15) is 0 Å². The number of fused-ring (bicyclic) bond motifs is 1. The zero-order valence-corrected chi connectivity index (χ0v) is 11.9. The maximum atomic E-state index is 8.99. The SMILES string of the molecule is N#Cc1ccccccccccc2ccccc2o[nH]n1. The monoisotopic (exact) mass is 289 g/mol. The molecule has 0 amide bonds. The number of H-pyrrole nitrogens is 1. The van der Waals surface area contributed by atoms with E-state index in [0.717, 1.165) is 5.39 Å². The minimum Gasteiger partial charge on any atom is -0.365 e. The predicted octanol–water partition coefficient (Wildman–Crippen LogP) is 4.40. The van der Waals surface area contributed by atoms with E-state index in [1.54, 1.807) is 12.1 Å². The van der Waals surface area contributed by atoms with Crippen molar-refractivity contribution in [3.8, 4) is 6.07 Å². The van der Waals surface area contributed by atoms with Crippen molar-refractivity contribution in [2.75, 3.05) is 0 Å². The van der Waals surface area contributed by atoms with Gasteiger partial charge < -0.3 is 4.52 Å². The molecular weight excluding hydrogens is 274 g/mol. The van der Waals surface area contributed by atoms with Crippen molar-refractivity contribution < 1.29 is 4.52 Å². The van der Waals surface area contributed by atoms with Crippen LogP contribution in [-0.2, 0) is 0 Å². The second-order valence-electron chi connectivity index (χ2n) is 4.21. The van der Waals surface area contributed by atoms with E-state index in [0.29, 0.717) is 5.58 Å². The molecule has 1 aromatic carbocycles. The van der Waals surface area contributed by atoms with Crippen LogP contribution in [0.3, 0.4) is 0 Å². The van der Waals surface area contributed by atoms with Crippen molar-refractivity contribution in [2.24, 2.45) is 0 Å². The summed E-state index contributed by atoms with van der Waals surface area (Å²) in [5, 5.41) is 16.2. The van der Waals surface area contributed by atoms with Gasteiger partial charge in [-0.2, -0.15) is 5.26 Å². The summed E-state index contributed by atoms with van der Waals surface area (Å²) in [4.78, 5) is 0.